The van der Waals surface area contributed by atoms with Crippen LogP contribution >= 0.6 is 0 Å². The van der Waals surface area contributed by atoms with Gasteiger partial charge in [-0.25, -0.2) is 4.39 Å². The van der Waals surface area contributed by atoms with E-state index in [9.17, 15) is 18.8 Å². The summed E-state index contributed by atoms with van der Waals surface area (Å²) in [5, 5.41) is 3.36. The molecule has 0 saturated carbocycles. The first-order valence-corrected chi connectivity index (χ1v) is 14.6. The molecule has 1 aliphatic rings. The average molecular weight is 590 g/mol. The number of amides is 3. The van der Waals surface area contributed by atoms with E-state index in [1.807, 2.05) is 31.2 Å². The van der Waals surface area contributed by atoms with Crippen LogP contribution in [0.15, 0.2) is 60.8 Å². The Kier molecular flexibility index (Phi) is 10.1. The molecule has 1 aliphatic heterocycles. The highest BCUT2D eigenvalue weighted by molar-refractivity contribution is 6.20. The van der Waals surface area contributed by atoms with Gasteiger partial charge in [-0.2, -0.15) is 0 Å². The van der Waals surface area contributed by atoms with Crippen LogP contribution in [-0.2, 0) is 22.6 Å². The molecule has 3 aromatic rings. The van der Waals surface area contributed by atoms with Crippen LogP contribution < -0.4 is 19.9 Å². The number of halogens is 1. The molecule has 0 saturated heterocycles. The SMILES string of the molecule is CCN1C(=O)C(C)(C)C(=O)N(C)c2cc(OCCCc3cc(CNCCN(C)C(=O)c4ccc(F)cc4)ccn3)ccc21. The number of carbonyl (C=O) groups is 3. The first-order chi connectivity index (χ1) is 20.5. The van der Waals surface area contributed by atoms with Crippen molar-refractivity contribution in [1.29, 1.82) is 0 Å². The standard InChI is InChI=1S/C33H40FN5O4/c1-6-39-28-14-13-27(21-29(28)38(5)31(41)33(2,3)32(39)42)43-19-7-8-26-20-23(15-16-36-26)22-35-17-18-37(4)30(40)24-9-11-25(34)12-10-24/h9-16,20-21,35H,6-8,17-19,22H2,1-5H3. The molecule has 0 aliphatic carbocycles. The molecule has 0 spiro atoms. The van der Waals surface area contributed by atoms with Crippen molar-refractivity contribution in [2.75, 3.05) is 50.1 Å². The van der Waals surface area contributed by atoms with Crippen molar-refractivity contribution in [2.45, 2.75) is 40.2 Å². The van der Waals surface area contributed by atoms with Gasteiger partial charge in [0.05, 0.1) is 18.0 Å². The second kappa shape index (κ2) is 13.8. The van der Waals surface area contributed by atoms with Crippen LogP contribution in [0.3, 0.4) is 0 Å². The number of pyridine rings is 1. The van der Waals surface area contributed by atoms with E-state index in [2.05, 4.69) is 16.4 Å². The highest BCUT2D eigenvalue weighted by Gasteiger charge is 2.45. The molecule has 3 amide bonds. The second-order valence-electron chi connectivity index (χ2n) is 11.2. The number of hydrogen-bond acceptors (Lipinski definition) is 6. The number of likely N-dealkylation sites (N-methyl/N-ethyl adjacent to an activating group) is 1. The lowest BCUT2D eigenvalue weighted by Gasteiger charge is -2.27. The summed E-state index contributed by atoms with van der Waals surface area (Å²) < 4.78 is 19.1. The monoisotopic (exact) mass is 589 g/mol. The normalized spacial score (nSPS) is 14.4. The van der Waals surface area contributed by atoms with Gasteiger partial charge in [0.15, 0.2) is 0 Å². The van der Waals surface area contributed by atoms with Crippen molar-refractivity contribution in [2.24, 2.45) is 5.41 Å². The van der Waals surface area contributed by atoms with Gasteiger partial charge in [0.1, 0.15) is 17.0 Å². The fraction of sp³-hybridized carbons (Fsp3) is 0.394. The molecule has 4 rings (SSSR count). The number of aromatic nitrogens is 1. The first kappa shape index (κ1) is 31.6. The van der Waals surface area contributed by atoms with Crippen molar-refractivity contribution < 1.29 is 23.5 Å². The van der Waals surface area contributed by atoms with E-state index in [4.69, 9.17) is 4.74 Å². The topological polar surface area (TPSA) is 95.1 Å². The molecule has 0 unspecified atom stereocenters. The minimum absolute atomic E-state index is 0.149. The molecular formula is C33H40FN5O4. The summed E-state index contributed by atoms with van der Waals surface area (Å²) in [5.41, 5.74) is 2.70. The lowest BCUT2D eigenvalue weighted by atomic mass is 9.90. The Morgan fingerprint density at radius 1 is 1.05 bits per heavy atom. The van der Waals surface area contributed by atoms with Crippen LogP contribution in [0.25, 0.3) is 0 Å². The van der Waals surface area contributed by atoms with E-state index in [0.717, 1.165) is 24.1 Å². The maximum atomic E-state index is 13.1. The first-order valence-electron chi connectivity index (χ1n) is 14.6. The molecule has 0 radical (unpaired) electrons. The van der Waals surface area contributed by atoms with Crippen molar-refractivity contribution >= 4 is 29.1 Å². The Bertz CT molecular complexity index is 1460. The van der Waals surface area contributed by atoms with Gasteiger partial charge in [0.2, 0.25) is 11.8 Å². The molecule has 2 heterocycles. The summed E-state index contributed by atoms with van der Waals surface area (Å²) in [5.74, 6) is -0.348. The second-order valence-corrected chi connectivity index (χ2v) is 11.2. The predicted octanol–water partition coefficient (Wildman–Crippen LogP) is 4.45. The Labute approximate surface area is 252 Å². The fourth-order valence-corrected chi connectivity index (χ4v) is 5.08. The Morgan fingerprint density at radius 3 is 2.51 bits per heavy atom. The van der Waals surface area contributed by atoms with Crippen molar-refractivity contribution in [1.82, 2.24) is 15.2 Å². The van der Waals surface area contributed by atoms with Gasteiger partial charge in [0, 0.05) is 63.8 Å². The molecule has 1 aromatic heterocycles. The van der Waals surface area contributed by atoms with E-state index in [1.165, 1.54) is 24.3 Å². The minimum atomic E-state index is -1.15. The summed E-state index contributed by atoms with van der Waals surface area (Å²) >= 11 is 0. The Hall–Kier alpha value is -4.31. The zero-order valence-corrected chi connectivity index (χ0v) is 25.5. The van der Waals surface area contributed by atoms with Crippen molar-refractivity contribution in [3.63, 3.8) is 0 Å². The van der Waals surface area contributed by atoms with Gasteiger partial charge >= 0.3 is 0 Å². The van der Waals surface area contributed by atoms with E-state index >= 15 is 0 Å². The molecule has 43 heavy (non-hydrogen) atoms. The van der Waals surface area contributed by atoms with Crippen LogP contribution in [0.1, 0.15) is 48.8 Å². The number of carbonyl (C=O) groups excluding carboxylic acids is 3. The highest BCUT2D eigenvalue weighted by Crippen LogP contribution is 2.40. The predicted molar refractivity (Wildman–Crippen MR) is 165 cm³/mol. The largest absolute Gasteiger partial charge is 0.494 e. The average Bonchev–Trinajstić information content (AvgIpc) is 3.05. The number of nitrogens with zero attached hydrogens (tertiary/aromatic N) is 4. The van der Waals surface area contributed by atoms with Gasteiger partial charge in [-0.3, -0.25) is 19.4 Å². The smallest absolute Gasteiger partial charge is 0.253 e. The number of aryl methyl sites for hydroxylation is 1. The van der Waals surface area contributed by atoms with Gasteiger partial charge in [-0.05, 0) is 87.7 Å². The third kappa shape index (κ3) is 7.37. The number of nitrogens with one attached hydrogen (secondary N) is 1. The molecule has 10 heteroatoms. The van der Waals surface area contributed by atoms with E-state index in [-0.39, 0.29) is 23.5 Å². The third-order valence-corrected chi connectivity index (χ3v) is 7.65. The molecule has 0 atom stereocenters. The van der Waals surface area contributed by atoms with Crippen LogP contribution in [0.4, 0.5) is 15.8 Å². The highest BCUT2D eigenvalue weighted by atomic mass is 19.1. The molecule has 0 bridgehead atoms. The van der Waals surface area contributed by atoms with Crippen molar-refractivity contribution in [3.8, 4) is 5.75 Å². The van der Waals surface area contributed by atoms with Gasteiger partial charge in [0.25, 0.3) is 5.91 Å². The molecule has 2 aromatic carbocycles. The van der Waals surface area contributed by atoms with Crippen molar-refractivity contribution in [3.05, 3.63) is 83.4 Å². The molecule has 0 fully saturated rings. The molecular weight excluding hydrogens is 549 g/mol. The van der Waals surface area contributed by atoms with Crippen LogP contribution in [0.2, 0.25) is 0 Å². The van der Waals surface area contributed by atoms with Gasteiger partial charge in [-0.15, -0.1) is 0 Å². The number of rotatable bonds is 12. The van der Waals surface area contributed by atoms with Crippen LogP contribution in [-0.4, -0.2) is 67.9 Å². The quantitative estimate of drug-likeness (QED) is 0.248. The number of fused-ring (bicyclic) bond motifs is 1. The zero-order chi connectivity index (χ0) is 31.1. The lowest BCUT2D eigenvalue weighted by molar-refractivity contribution is -0.137. The Balaban J connectivity index is 1.25. The summed E-state index contributed by atoms with van der Waals surface area (Å²) in [4.78, 5) is 47.9. The lowest BCUT2D eigenvalue weighted by Crippen LogP contribution is -2.47. The van der Waals surface area contributed by atoms with Gasteiger partial charge < -0.3 is 24.8 Å². The summed E-state index contributed by atoms with van der Waals surface area (Å²) in [6, 6.07) is 15.1. The maximum Gasteiger partial charge on any atom is 0.253 e. The maximum absolute atomic E-state index is 13.1. The molecule has 9 nitrogen and oxygen atoms in total. The minimum Gasteiger partial charge on any atom is -0.494 e. The number of anilines is 2. The van der Waals surface area contributed by atoms with E-state index < -0.39 is 5.41 Å². The molecule has 1 N–H and O–H groups in total. The van der Waals surface area contributed by atoms with E-state index in [1.54, 1.807) is 48.8 Å². The fourth-order valence-electron chi connectivity index (χ4n) is 5.08. The molecule has 228 valence electrons. The van der Waals surface area contributed by atoms with Crippen LogP contribution in [0, 0.1) is 11.2 Å². The van der Waals surface area contributed by atoms with E-state index in [0.29, 0.717) is 55.5 Å². The number of hydrogen-bond donors (Lipinski definition) is 1. The van der Waals surface area contributed by atoms with Crippen LogP contribution in [0.5, 0.6) is 5.75 Å². The zero-order valence-electron chi connectivity index (χ0n) is 25.5. The third-order valence-electron chi connectivity index (χ3n) is 7.65. The summed E-state index contributed by atoms with van der Waals surface area (Å²) in [6.45, 7) is 7.93. The number of benzene rings is 2. The summed E-state index contributed by atoms with van der Waals surface area (Å²) in [7, 11) is 3.42. The summed E-state index contributed by atoms with van der Waals surface area (Å²) in [6.07, 6.45) is 3.27. The number of ether oxygens (including phenoxy) is 1. The Morgan fingerprint density at radius 2 is 1.79 bits per heavy atom. The van der Waals surface area contributed by atoms with Gasteiger partial charge in [-0.1, -0.05) is 0 Å².